The van der Waals surface area contributed by atoms with Crippen molar-refractivity contribution < 1.29 is 9.59 Å². The number of aromatic nitrogens is 1. The van der Waals surface area contributed by atoms with Gasteiger partial charge in [-0.3, -0.25) is 14.5 Å². The van der Waals surface area contributed by atoms with E-state index in [1.165, 1.54) is 37.5 Å². The molecule has 23 heavy (non-hydrogen) atoms. The zero-order chi connectivity index (χ0) is 16.8. The molecule has 2 N–H and O–H groups in total. The van der Waals surface area contributed by atoms with E-state index in [2.05, 4.69) is 20.5 Å². The van der Waals surface area contributed by atoms with Crippen LogP contribution in [0.25, 0.3) is 0 Å². The monoisotopic (exact) mass is 338 g/mol. The van der Waals surface area contributed by atoms with Crippen LogP contribution >= 0.6 is 11.3 Å². The van der Waals surface area contributed by atoms with Crippen molar-refractivity contribution >= 4 is 28.3 Å². The van der Waals surface area contributed by atoms with Crippen LogP contribution in [-0.4, -0.2) is 40.8 Å². The summed E-state index contributed by atoms with van der Waals surface area (Å²) in [6.45, 7) is 8.32. The summed E-state index contributed by atoms with van der Waals surface area (Å²) in [7, 11) is 0. The Bertz CT molecular complexity index is 538. The average molecular weight is 338 g/mol. The first kappa shape index (κ1) is 17.9. The second kappa shape index (κ2) is 8.40. The molecule has 1 fully saturated rings. The zero-order valence-corrected chi connectivity index (χ0v) is 14.9. The molecule has 0 aromatic carbocycles. The van der Waals surface area contributed by atoms with Crippen LogP contribution in [0, 0.1) is 5.92 Å². The van der Waals surface area contributed by atoms with Gasteiger partial charge in [0.05, 0.1) is 5.69 Å². The van der Waals surface area contributed by atoms with E-state index >= 15 is 0 Å². The molecule has 1 aromatic heterocycles. The number of amides is 2. The molecule has 1 aliphatic rings. The van der Waals surface area contributed by atoms with Gasteiger partial charge < -0.3 is 10.6 Å². The van der Waals surface area contributed by atoms with Gasteiger partial charge in [0.15, 0.2) is 5.13 Å². The highest BCUT2D eigenvalue weighted by Crippen LogP contribution is 2.19. The standard InChI is InChI=1S/C16H26N4O2S/c1-11(2)14(17-12(3)21)15(22)19-16-18-13(10-23-16)9-20-7-5-4-6-8-20/h10-11,14H,4-9H2,1-3H3,(H,17,21)(H,18,19,22)/t14-/m0/s1. The second-order valence-corrected chi connectivity index (χ2v) is 7.25. The third-order valence-corrected chi connectivity index (χ3v) is 4.73. The molecule has 0 saturated carbocycles. The Morgan fingerprint density at radius 1 is 1.30 bits per heavy atom. The SMILES string of the molecule is CC(=O)N[C@H](C(=O)Nc1nc(CN2CCCCC2)cs1)C(C)C. The molecule has 0 unspecified atom stereocenters. The van der Waals surface area contributed by atoms with Gasteiger partial charge in [-0.15, -0.1) is 11.3 Å². The molecule has 128 valence electrons. The third-order valence-electron chi connectivity index (χ3n) is 3.92. The van der Waals surface area contributed by atoms with Gasteiger partial charge in [0.1, 0.15) is 6.04 Å². The number of nitrogens with zero attached hydrogens (tertiary/aromatic N) is 2. The molecule has 0 aliphatic carbocycles. The number of nitrogens with one attached hydrogen (secondary N) is 2. The fourth-order valence-corrected chi connectivity index (χ4v) is 3.43. The van der Waals surface area contributed by atoms with Crippen LogP contribution in [-0.2, 0) is 16.1 Å². The summed E-state index contributed by atoms with van der Waals surface area (Å²) in [5.41, 5.74) is 0.993. The quantitative estimate of drug-likeness (QED) is 0.834. The summed E-state index contributed by atoms with van der Waals surface area (Å²) >= 11 is 1.43. The molecule has 0 spiro atoms. The van der Waals surface area contributed by atoms with Crippen molar-refractivity contribution in [2.45, 2.75) is 52.6 Å². The largest absolute Gasteiger partial charge is 0.344 e. The van der Waals surface area contributed by atoms with E-state index in [0.29, 0.717) is 5.13 Å². The maximum absolute atomic E-state index is 12.3. The minimum Gasteiger partial charge on any atom is -0.344 e. The van der Waals surface area contributed by atoms with Crippen LogP contribution < -0.4 is 10.6 Å². The second-order valence-electron chi connectivity index (χ2n) is 6.39. The Balaban J connectivity index is 1.91. The molecule has 0 radical (unpaired) electrons. The molecule has 1 saturated heterocycles. The smallest absolute Gasteiger partial charge is 0.248 e. The van der Waals surface area contributed by atoms with Gasteiger partial charge in [-0.2, -0.15) is 0 Å². The van der Waals surface area contributed by atoms with Gasteiger partial charge >= 0.3 is 0 Å². The Kier molecular flexibility index (Phi) is 6.53. The summed E-state index contributed by atoms with van der Waals surface area (Å²) in [6.07, 6.45) is 3.82. The van der Waals surface area contributed by atoms with E-state index in [1.54, 1.807) is 0 Å². The van der Waals surface area contributed by atoms with Gasteiger partial charge in [0.25, 0.3) is 0 Å². The normalized spacial score (nSPS) is 17.0. The molecular weight excluding hydrogens is 312 g/mol. The van der Waals surface area contributed by atoms with Crippen LogP contribution in [0.5, 0.6) is 0 Å². The maximum atomic E-state index is 12.3. The van der Waals surface area contributed by atoms with Gasteiger partial charge in [0, 0.05) is 18.8 Å². The van der Waals surface area contributed by atoms with Crippen molar-refractivity contribution in [3.05, 3.63) is 11.1 Å². The first-order chi connectivity index (χ1) is 11.0. The average Bonchev–Trinajstić information content (AvgIpc) is 2.92. The number of rotatable bonds is 6. The van der Waals surface area contributed by atoms with Crippen molar-refractivity contribution in [2.75, 3.05) is 18.4 Å². The molecule has 7 heteroatoms. The van der Waals surface area contributed by atoms with E-state index in [9.17, 15) is 9.59 Å². The number of likely N-dealkylation sites (tertiary alicyclic amines) is 1. The summed E-state index contributed by atoms with van der Waals surface area (Å²) in [6, 6.07) is -0.540. The van der Waals surface area contributed by atoms with E-state index in [1.807, 2.05) is 19.2 Å². The number of carbonyl (C=O) groups excluding carboxylic acids is 2. The molecular formula is C16H26N4O2S. The van der Waals surface area contributed by atoms with Gasteiger partial charge in [0.2, 0.25) is 11.8 Å². The Morgan fingerprint density at radius 2 is 2.00 bits per heavy atom. The van der Waals surface area contributed by atoms with Crippen molar-refractivity contribution in [3.63, 3.8) is 0 Å². The number of anilines is 1. The van der Waals surface area contributed by atoms with E-state index in [-0.39, 0.29) is 17.7 Å². The van der Waals surface area contributed by atoms with Crippen LogP contribution in [0.3, 0.4) is 0 Å². The number of hydrogen-bond donors (Lipinski definition) is 2. The van der Waals surface area contributed by atoms with Crippen LogP contribution in [0.1, 0.15) is 45.7 Å². The minimum atomic E-state index is -0.540. The summed E-state index contributed by atoms with van der Waals surface area (Å²) in [5.74, 6) is -0.399. The predicted molar refractivity (Wildman–Crippen MR) is 92.3 cm³/mol. The zero-order valence-electron chi connectivity index (χ0n) is 14.1. The predicted octanol–water partition coefficient (Wildman–Crippen LogP) is 2.23. The Morgan fingerprint density at radius 3 is 2.61 bits per heavy atom. The van der Waals surface area contributed by atoms with Gasteiger partial charge in [-0.1, -0.05) is 20.3 Å². The minimum absolute atomic E-state index is 0.0201. The highest BCUT2D eigenvalue weighted by atomic mass is 32.1. The first-order valence-corrected chi connectivity index (χ1v) is 9.08. The molecule has 1 atom stereocenters. The number of carbonyl (C=O) groups is 2. The van der Waals surface area contributed by atoms with Crippen molar-refractivity contribution in [1.82, 2.24) is 15.2 Å². The maximum Gasteiger partial charge on any atom is 0.248 e. The van der Waals surface area contributed by atoms with E-state index in [4.69, 9.17) is 0 Å². The lowest BCUT2D eigenvalue weighted by Gasteiger charge is -2.25. The summed E-state index contributed by atoms with van der Waals surface area (Å²) < 4.78 is 0. The molecule has 1 aromatic rings. The fraction of sp³-hybridized carbons (Fsp3) is 0.688. The number of thiazole rings is 1. The molecule has 2 heterocycles. The lowest BCUT2D eigenvalue weighted by atomic mass is 10.0. The fourth-order valence-electron chi connectivity index (χ4n) is 2.72. The Hall–Kier alpha value is -1.47. The van der Waals surface area contributed by atoms with Gasteiger partial charge in [-0.25, -0.2) is 4.98 Å². The topological polar surface area (TPSA) is 74.3 Å². The summed E-state index contributed by atoms with van der Waals surface area (Å²) in [5, 5.41) is 8.10. The number of piperidine rings is 1. The van der Waals surface area contributed by atoms with Crippen molar-refractivity contribution in [1.29, 1.82) is 0 Å². The lowest BCUT2D eigenvalue weighted by Crippen LogP contribution is -2.46. The van der Waals surface area contributed by atoms with Crippen molar-refractivity contribution in [2.24, 2.45) is 5.92 Å². The van der Waals surface area contributed by atoms with Crippen LogP contribution in [0.15, 0.2) is 5.38 Å². The van der Waals surface area contributed by atoms with E-state index < -0.39 is 6.04 Å². The van der Waals surface area contributed by atoms with Crippen LogP contribution in [0.2, 0.25) is 0 Å². The molecule has 1 aliphatic heterocycles. The first-order valence-electron chi connectivity index (χ1n) is 8.20. The van der Waals surface area contributed by atoms with Crippen molar-refractivity contribution in [3.8, 4) is 0 Å². The Labute approximate surface area is 141 Å². The molecule has 0 bridgehead atoms. The molecule has 2 rings (SSSR count). The van der Waals surface area contributed by atoms with Gasteiger partial charge in [-0.05, 0) is 31.8 Å². The highest BCUT2D eigenvalue weighted by Gasteiger charge is 2.24. The molecule has 2 amide bonds. The third kappa shape index (κ3) is 5.58. The highest BCUT2D eigenvalue weighted by molar-refractivity contribution is 7.13. The van der Waals surface area contributed by atoms with Crippen LogP contribution in [0.4, 0.5) is 5.13 Å². The number of hydrogen-bond acceptors (Lipinski definition) is 5. The lowest BCUT2D eigenvalue weighted by molar-refractivity contribution is -0.126. The summed E-state index contributed by atoms with van der Waals surface area (Å²) in [4.78, 5) is 30.4. The molecule has 6 nitrogen and oxygen atoms in total. The van der Waals surface area contributed by atoms with E-state index in [0.717, 1.165) is 25.3 Å².